The van der Waals surface area contributed by atoms with Gasteiger partial charge in [0.25, 0.3) is 0 Å². The third kappa shape index (κ3) is 3.63. The minimum Gasteiger partial charge on any atom is -0.326 e. The average Bonchev–Trinajstić information content (AvgIpc) is 2.80. The van der Waals surface area contributed by atoms with Crippen molar-refractivity contribution in [3.63, 3.8) is 0 Å². The summed E-state index contributed by atoms with van der Waals surface area (Å²) in [4.78, 5) is 2.57. The van der Waals surface area contributed by atoms with Crippen LogP contribution in [0.1, 0.15) is 45.7 Å². The molecular weight excluding hydrogens is 312 g/mol. The molecule has 2 rings (SSSR count). The maximum absolute atomic E-state index is 6.29. The summed E-state index contributed by atoms with van der Waals surface area (Å²) in [5.74, 6) is 0.763. The zero-order chi connectivity index (χ0) is 14.9. The first kappa shape index (κ1) is 16.0. The first-order chi connectivity index (χ1) is 9.29. The van der Waals surface area contributed by atoms with Crippen molar-refractivity contribution in [1.29, 1.82) is 0 Å². The first-order valence-electron chi connectivity index (χ1n) is 7.54. The Labute approximate surface area is 131 Å². The highest BCUT2D eigenvalue weighted by molar-refractivity contribution is 9.10. The fourth-order valence-corrected chi connectivity index (χ4v) is 3.52. The van der Waals surface area contributed by atoms with Gasteiger partial charge in [0, 0.05) is 23.1 Å². The van der Waals surface area contributed by atoms with E-state index >= 15 is 0 Å². The fraction of sp³-hybridized carbons (Fsp3) is 0.647. The number of rotatable bonds is 3. The SMILES string of the molecule is CC(N)C(c1ccc(Br)cc1)N1CCC(C(C)(C)C)C1. The van der Waals surface area contributed by atoms with E-state index in [1.165, 1.54) is 12.0 Å². The summed E-state index contributed by atoms with van der Waals surface area (Å²) < 4.78 is 1.12. The molecule has 0 saturated carbocycles. The van der Waals surface area contributed by atoms with Gasteiger partial charge in [-0.3, -0.25) is 4.90 Å². The lowest BCUT2D eigenvalue weighted by molar-refractivity contribution is 0.180. The van der Waals surface area contributed by atoms with Gasteiger partial charge < -0.3 is 5.73 Å². The predicted octanol–water partition coefficient (Wildman–Crippen LogP) is 4.21. The summed E-state index contributed by atoms with van der Waals surface area (Å²) >= 11 is 3.51. The summed E-state index contributed by atoms with van der Waals surface area (Å²) in [6.45, 7) is 11.5. The average molecular weight is 339 g/mol. The monoisotopic (exact) mass is 338 g/mol. The maximum Gasteiger partial charge on any atom is 0.0496 e. The molecule has 1 saturated heterocycles. The second-order valence-electron chi connectivity index (χ2n) is 7.20. The molecule has 2 nitrogen and oxygen atoms in total. The highest BCUT2D eigenvalue weighted by atomic mass is 79.9. The summed E-state index contributed by atoms with van der Waals surface area (Å²) in [5, 5.41) is 0. The van der Waals surface area contributed by atoms with Gasteiger partial charge in [-0.15, -0.1) is 0 Å². The Balaban J connectivity index is 2.17. The van der Waals surface area contributed by atoms with Crippen LogP contribution < -0.4 is 5.73 Å². The molecule has 3 unspecified atom stereocenters. The Morgan fingerprint density at radius 3 is 2.30 bits per heavy atom. The Hall–Kier alpha value is -0.380. The van der Waals surface area contributed by atoms with Gasteiger partial charge in [-0.05, 0) is 48.9 Å². The minimum atomic E-state index is 0.148. The molecule has 0 aliphatic carbocycles. The number of benzene rings is 1. The molecule has 1 aliphatic rings. The van der Waals surface area contributed by atoms with Crippen LogP contribution in [0, 0.1) is 11.3 Å². The summed E-state index contributed by atoms with van der Waals surface area (Å²) in [5.41, 5.74) is 8.00. The number of nitrogens with two attached hydrogens (primary N) is 1. The third-order valence-electron chi connectivity index (χ3n) is 4.55. The van der Waals surface area contributed by atoms with Gasteiger partial charge in [0.1, 0.15) is 0 Å². The van der Waals surface area contributed by atoms with E-state index in [0.717, 1.165) is 23.5 Å². The Morgan fingerprint density at radius 1 is 1.25 bits per heavy atom. The maximum atomic E-state index is 6.29. The largest absolute Gasteiger partial charge is 0.326 e. The molecule has 20 heavy (non-hydrogen) atoms. The minimum absolute atomic E-state index is 0.148. The lowest BCUT2D eigenvalue weighted by Gasteiger charge is -2.33. The standard InChI is InChI=1S/C17H27BrN2/c1-12(19)16(13-5-7-15(18)8-6-13)20-10-9-14(11-20)17(2,3)4/h5-8,12,14,16H,9-11,19H2,1-4H3. The molecule has 1 aromatic carbocycles. The van der Waals surface area contributed by atoms with E-state index in [-0.39, 0.29) is 6.04 Å². The lowest BCUT2D eigenvalue weighted by atomic mass is 9.80. The van der Waals surface area contributed by atoms with Crippen LogP contribution in [0.3, 0.4) is 0 Å². The number of hydrogen-bond donors (Lipinski definition) is 1. The van der Waals surface area contributed by atoms with E-state index in [1.807, 2.05) is 0 Å². The summed E-state index contributed by atoms with van der Waals surface area (Å²) in [6.07, 6.45) is 1.28. The van der Waals surface area contributed by atoms with Crippen molar-refractivity contribution in [1.82, 2.24) is 4.90 Å². The van der Waals surface area contributed by atoms with Crippen LogP contribution in [0.2, 0.25) is 0 Å². The Kier molecular flexibility index (Phi) is 4.93. The number of likely N-dealkylation sites (tertiary alicyclic amines) is 1. The van der Waals surface area contributed by atoms with Crippen LogP contribution >= 0.6 is 15.9 Å². The van der Waals surface area contributed by atoms with E-state index in [1.54, 1.807) is 0 Å². The topological polar surface area (TPSA) is 29.3 Å². The summed E-state index contributed by atoms with van der Waals surface area (Å²) in [6, 6.07) is 9.10. The highest BCUT2D eigenvalue weighted by Crippen LogP contribution is 2.38. The second-order valence-corrected chi connectivity index (χ2v) is 8.12. The summed E-state index contributed by atoms with van der Waals surface area (Å²) in [7, 11) is 0. The van der Waals surface area contributed by atoms with Crippen molar-refractivity contribution in [2.45, 2.75) is 46.2 Å². The third-order valence-corrected chi connectivity index (χ3v) is 5.08. The van der Waals surface area contributed by atoms with Gasteiger partial charge in [0.2, 0.25) is 0 Å². The first-order valence-corrected chi connectivity index (χ1v) is 8.33. The van der Waals surface area contributed by atoms with Crippen molar-refractivity contribution in [2.24, 2.45) is 17.1 Å². The lowest BCUT2D eigenvalue weighted by Crippen LogP contribution is -2.39. The molecule has 0 radical (unpaired) electrons. The molecular formula is C17H27BrN2. The Morgan fingerprint density at radius 2 is 1.85 bits per heavy atom. The van der Waals surface area contributed by atoms with Gasteiger partial charge in [0.15, 0.2) is 0 Å². The molecule has 1 fully saturated rings. The van der Waals surface area contributed by atoms with E-state index in [9.17, 15) is 0 Å². The zero-order valence-corrected chi connectivity index (χ0v) is 14.7. The quantitative estimate of drug-likeness (QED) is 0.894. The Bertz CT molecular complexity index is 433. The predicted molar refractivity (Wildman–Crippen MR) is 89.7 cm³/mol. The molecule has 1 heterocycles. The molecule has 0 bridgehead atoms. The zero-order valence-electron chi connectivity index (χ0n) is 13.1. The smallest absolute Gasteiger partial charge is 0.0496 e. The highest BCUT2D eigenvalue weighted by Gasteiger charge is 2.36. The molecule has 3 atom stereocenters. The van der Waals surface area contributed by atoms with Crippen LogP contribution in [0.5, 0.6) is 0 Å². The van der Waals surface area contributed by atoms with E-state index in [2.05, 4.69) is 72.8 Å². The number of nitrogens with zero attached hydrogens (tertiary/aromatic N) is 1. The number of hydrogen-bond acceptors (Lipinski definition) is 2. The van der Waals surface area contributed by atoms with E-state index in [4.69, 9.17) is 5.73 Å². The van der Waals surface area contributed by atoms with Crippen molar-refractivity contribution >= 4 is 15.9 Å². The second kappa shape index (κ2) is 6.17. The van der Waals surface area contributed by atoms with E-state index < -0.39 is 0 Å². The van der Waals surface area contributed by atoms with Crippen LogP contribution in [0.25, 0.3) is 0 Å². The molecule has 3 heteroatoms. The molecule has 1 aliphatic heterocycles. The molecule has 1 aromatic rings. The van der Waals surface area contributed by atoms with Crippen LogP contribution in [-0.2, 0) is 0 Å². The van der Waals surface area contributed by atoms with Crippen LogP contribution in [-0.4, -0.2) is 24.0 Å². The van der Waals surface area contributed by atoms with Crippen molar-refractivity contribution < 1.29 is 0 Å². The van der Waals surface area contributed by atoms with Gasteiger partial charge in [0.05, 0.1) is 0 Å². The van der Waals surface area contributed by atoms with Gasteiger partial charge >= 0.3 is 0 Å². The molecule has 0 spiro atoms. The molecule has 2 N–H and O–H groups in total. The van der Waals surface area contributed by atoms with Gasteiger partial charge in [-0.2, -0.15) is 0 Å². The molecule has 0 amide bonds. The molecule has 112 valence electrons. The molecule has 0 aromatic heterocycles. The van der Waals surface area contributed by atoms with Crippen molar-refractivity contribution in [3.05, 3.63) is 34.3 Å². The van der Waals surface area contributed by atoms with Gasteiger partial charge in [-0.1, -0.05) is 48.8 Å². The number of halogens is 1. The van der Waals surface area contributed by atoms with E-state index in [0.29, 0.717) is 11.5 Å². The van der Waals surface area contributed by atoms with Crippen molar-refractivity contribution in [2.75, 3.05) is 13.1 Å². The normalized spacial score (nSPS) is 23.8. The fourth-order valence-electron chi connectivity index (χ4n) is 3.25. The van der Waals surface area contributed by atoms with Crippen LogP contribution in [0.15, 0.2) is 28.7 Å². The van der Waals surface area contributed by atoms with Gasteiger partial charge in [-0.25, -0.2) is 0 Å². The van der Waals surface area contributed by atoms with Crippen molar-refractivity contribution in [3.8, 4) is 0 Å². The van der Waals surface area contributed by atoms with Crippen LogP contribution in [0.4, 0.5) is 0 Å².